The van der Waals surface area contributed by atoms with Crippen LogP contribution in [0.15, 0.2) is 16.6 Å². The first-order valence-corrected chi connectivity index (χ1v) is 8.64. The molecule has 78 valence electrons. The summed E-state index contributed by atoms with van der Waals surface area (Å²) >= 11 is 3.15. The number of rotatable bonds is 2. The summed E-state index contributed by atoms with van der Waals surface area (Å²) in [6.45, 7) is 8.15. The molecule has 0 amide bonds. The van der Waals surface area contributed by atoms with Crippen molar-refractivity contribution in [1.29, 1.82) is 0 Å². The minimum atomic E-state index is -1.61. The Balaban J connectivity index is 3.04. The van der Waals surface area contributed by atoms with Crippen LogP contribution in [-0.4, -0.2) is 8.32 Å². The van der Waals surface area contributed by atoms with Crippen molar-refractivity contribution in [3.8, 4) is 5.75 Å². The van der Waals surface area contributed by atoms with E-state index in [1.165, 1.54) is 6.07 Å². The first-order chi connectivity index (χ1) is 6.29. The maximum Gasteiger partial charge on any atom is 0.242 e. The fourth-order valence-corrected chi connectivity index (χ4v) is 2.27. The number of benzene rings is 1. The van der Waals surface area contributed by atoms with E-state index in [1.54, 1.807) is 6.07 Å². The summed E-state index contributed by atoms with van der Waals surface area (Å²) < 4.78 is 19.4. The van der Waals surface area contributed by atoms with E-state index in [2.05, 4.69) is 35.6 Å². The fourth-order valence-electron chi connectivity index (χ4n) is 1.07. The van der Waals surface area contributed by atoms with Gasteiger partial charge in [-0.25, -0.2) is 4.39 Å². The molecule has 0 radical (unpaired) electrons. The standard InChI is InChI=1S/C10H14BrFOSi/c1-7-5-9(12)8(11)6-10(7)13-14(2,3)4/h5-6H,1-4H3. The van der Waals surface area contributed by atoms with Crippen molar-refractivity contribution in [2.75, 3.05) is 0 Å². The van der Waals surface area contributed by atoms with Gasteiger partial charge < -0.3 is 4.43 Å². The Labute approximate surface area is 93.5 Å². The Hall–Kier alpha value is -0.353. The van der Waals surface area contributed by atoms with Gasteiger partial charge in [0.05, 0.1) is 4.47 Å². The van der Waals surface area contributed by atoms with Crippen LogP contribution in [0.1, 0.15) is 5.56 Å². The quantitative estimate of drug-likeness (QED) is 0.739. The lowest BCUT2D eigenvalue weighted by Gasteiger charge is -2.21. The number of halogens is 2. The molecular formula is C10H14BrFOSi. The Morgan fingerprint density at radius 1 is 1.29 bits per heavy atom. The van der Waals surface area contributed by atoms with E-state index in [0.717, 1.165) is 11.3 Å². The van der Waals surface area contributed by atoms with Gasteiger partial charge in [-0.15, -0.1) is 0 Å². The first-order valence-electron chi connectivity index (χ1n) is 4.44. The van der Waals surface area contributed by atoms with Gasteiger partial charge in [-0.05, 0) is 60.2 Å². The summed E-state index contributed by atoms with van der Waals surface area (Å²) in [7, 11) is -1.61. The van der Waals surface area contributed by atoms with Crippen LogP contribution in [0, 0.1) is 12.7 Å². The molecule has 1 aromatic rings. The van der Waals surface area contributed by atoms with Crippen LogP contribution in [0.2, 0.25) is 19.6 Å². The van der Waals surface area contributed by atoms with Crippen LogP contribution in [0.5, 0.6) is 5.75 Å². The molecule has 0 atom stereocenters. The lowest BCUT2D eigenvalue weighted by atomic mass is 10.2. The van der Waals surface area contributed by atoms with Crippen LogP contribution in [0.4, 0.5) is 4.39 Å². The van der Waals surface area contributed by atoms with Crippen molar-refractivity contribution in [3.63, 3.8) is 0 Å². The molecule has 0 N–H and O–H groups in total. The minimum absolute atomic E-state index is 0.245. The van der Waals surface area contributed by atoms with Crippen LogP contribution >= 0.6 is 15.9 Å². The molecule has 0 unspecified atom stereocenters. The second-order valence-corrected chi connectivity index (χ2v) is 9.53. The fraction of sp³-hybridized carbons (Fsp3) is 0.400. The summed E-state index contributed by atoms with van der Waals surface area (Å²) in [6, 6.07) is 3.18. The van der Waals surface area contributed by atoms with Gasteiger partial charge in [0, 0.05) is 0 Å². The summed E-state index contributed by atoms with van der Waals surface area (Å²) in [4.78, 5) is 0. The molecule has 0 aliphatic rings. The first kappa shape index (κ1) is 11.7. The van der Waals surface area contributed by atoms with Crippen LogP contribution in [0.3, 0.4) is 0 Å². The smallest absolute Gasteiger partial charge is 0.242 e. The molecule has 0 saturated heterocycles. The maximum absolute atomic E-state index is 13.1. The van der Waals surface area contributed by atoms with Crippen LogP contribution in [0.25, 0.3) is 0 Å². The van der Waals surface area contributed by atoms with Crippen LogP contribution in [-0.2, 0) is 0 Å². The highest BCUT2D eigenvalue weighted by Gasteiger charge is 2.18. The Morgan fingerprint density at radius 2 is 1.86 bits per heavy atom. The molecule has 1 aromatic carbocycles. The molecule has 0 aliphatic heterocycles. The average Bonchev–Trinajstić information content (AvgIpc) is 1.97. The zero-order valence-corrected chi connectivity index (χ0v) is 11.4. The number of hydrogen-bond donors (Lipinski definition) is 0. The van der Waals surface area contributed by atoms with Gasteiger partial charge >= 0.3 is 0 Å². The third-order valence-corrected chi connectivity index (χ3v) is 3.07. The highest BCUT2D eigenvalue weighted by Crippen LogP contribution is 2.27. The van der Waals surface area contributed by atoms with Crippen molar-refractivity contribution in [2.24, 2.45) is 0 Å². The van der Waals surface area contributed by atoms with E-state index < -0.39 is 8.32 Å². The summed E-state index contributed by atoms with van der Waals surface area (Å²) in [5, 5.41) is 0. The molecule has 0 spiro atoms. The molecule has 0 heterocycles. The number of aryl methyl sites for hydroxylation is 1. The molecule has 0 aliphatic carbocycles. The van der Waals surface area contributed by atoms with Crippen molar-refractivity contribution in [2.45, 2.75) is 26.6 Å². The van der Waals surface area contributed by atoms with E-state index in [1.807, 2.05) is 6.92 Å². The van der Waals surface area contributed by atoms with E-state index in [0.29, 0.717) is 4.47 Å². The van der Waals surface area contributed by atoms with E-state index in [4.69, 9.17) is 4.43 Å². The third-order valence-electron chi connectivity index (χ3n) is 1.63. The largest absolute Gasteiger partial charge is 0.544 e. The maximum atomic E-state index is 13.1. The Bertz CT molecular complexity index is 347. The predicted octanol–water partition coefficient (Wildman–Crippen LogP) is 4.11. The SMILES string of the molecule is Cc1cc(F)c(Br)cc1O[Si](C)(C)C. The molecule has 0 saturated carbocycles. The highest BCUT2D eigenvalue weighted by atomic mass is 79.9. The van der Waals surface area contributed by atoms with Crippen molar-refractivity contribution >= 4 is 24.2 Å². The Morgan fingerprint density at radius 3 is 2.36 bits per heavy atom. The van der Waals surface area contributed by atoms with E-state index in [-0.39, 0.29) is 5.82 Å². The summed E-state index contributed by atoms with van der Waals surface area (Å²) in [5.74, 6) is 0.530. The normalized spacial score (nSPS) is 11.6. The van der Waals surface area contributed by atoms with Crippen molar-refractivity contribution in [1.82, 2.24) is 0 Å². The van der Waals surface area contributed by atoms with Crippen molar-refractivity contribution in [3.05, 3.63) is 28.0 Å². The minimum Gasteiger partial charge on any atom is -0.544 e. The van der Waals surface area contributed by atoms with Gasteiger partial charge in [0.2, 0.25) is 8.32 Å². The summed E-state index contributed by atoms with van der Waals surface area (Å²) in [6.07, 6.45) is 0. The van der Waals surface area contributed by atoms with Gasteiger partial charge in [0.15, 0.2) is 0 Å². The monoisotopic (exact) mass is 276 g/mol. The lowest BCUT2D eigenvalue weighted by molar-refractivity contribution is 0.545. The zero-order chi connectivity index (χ0) is 10.9. The average molecular weight is 277 g/mol. The lowest BCUT2D eigenvalue weighted by Crippen LogP contribution is -2.29. The second kappa shape index (κ2) is 4.02. The summed E-state index contributed by atoms with van der Waals surface area (Å²) in [5.41, 5.74) is 0.841. The molecular weight excluding hydrogens is 263 g/mol. The second-order valence-electron chi connectivity index (χ2n) is 4.25. The topological polar surface area (TPSA) is 9.23 Å². The molecule has 0 aromatic heterocycles. The van der Waals surface area contributed by atoms with Gasteiger partial charge in [0.1, 0.15) is 11.6 Å². The molecule has 1 nitrogen and oxygen atoms in total. The van der Waals surface area contributed by atoms with Gasteiger partial charge in [-0.2, -0.15) is 0 Å². The zero-order valence-electron chi connectivity index (χ0n) is 8.82. The molecule has 14 heavy (non-hydrogen) atoms. The van der Waals surface area contributed by atoms with Crippen molar-refractivity contribution < 1.29 is 8.82 Å². The Kier molecular flexibility index (Phi) is 3.37. The van der Waals surface area contributed by atoms with E-state index >= 15 is 0 Å². The van der Waals surface area contributed by atoms with E-state index in [9.17, 15) is 4.39 Å². The molecule has 0 bridgehead atoms. The third kappa shape index (κ3) is 3.10. The molecule has 0 fully saturated rings. The van der Waals surface area contributed by atoms with Gasteiger partial charge in [0.25, 0.3) is 0 Å². The molecule has 4 heteroatoms. The van der Waals surface area contributed by atoms with Gasteiger partial charge in [-0.3, -0.25) is 0 Å². The highest BCUT2D eigenvalue weighted by molar-refractivity contribution is 9.10. The molecule has 1 rings (SSSR count). The number of hydrogen-bond acceptors (Lipinski definition) is 1. The van der Waals surface area contributed by atoms with Gasteiger partial charge in [-0.1, -0.05) is 0 Å². The van der Waals surface area contributed by atoms with Crippen LogP contribution < -0.4 is 4.43 Å². The predicted molar refractivity (Wildman–Crippen MR) is 62.8 cm³/mol.